The molecule has 0 saturated heterocycles. The monoisotopic (exact) mass is 353 g/mol. The molecule has 7 heteroatoms. The quantitative estimate of drug-likeness (QED) is 0.880. The molecule has 1 aromatic heterocycles. The molecule has 2 aromatic rings. The normalized spacial score (nSPS) is 17.6. The number of carbonyl (C=O) groups is 1. The summed E-state index contributed by atoms with van der Waals surface area (Å²) in [7, 11) is 0. The van der Waals surface area contributed by atoms with Crippen molar-refractivity contribution >= 4 is 5.97 Å². The lowest BCUT2D eigenvalue weighted by atomic mass is 9.97. The average Bonchev–Trinajstić information content (AvgIpc) is 3.20. The second kappa shape index (κ2) is 7.13. The van der Waals surface area contributed by atoms with Gasteiger partial charge in [-0.2, -0.15) is 0 Å². The first-order valence-corrected chi connectivity index (χ1v) is 8.51. The predicted molar refractivity (Wildman–Crippen MR) is 92.2 cm³/mol. The Labute approximate surface area is 150 Å². The number of aromatic nitrogens is 2. The Balaban J connectivity index is 1.61. The van der Waals surface area contributed by atoms with Crippen LogP contribution in [0.5, 0.6) is 0 Å². The summed E-state index contributed by atoms with van der Waals surface area (Å²) in [6.07, 6.45) is 4.37. The van der Waals surface area contributed by atoms with Crippen molar-refractivity contribution in [2.75, 3.05) is 13.3 Å². The second-order valence-electron chi connectivity index (χ2n) is 6.33. The minimum Gasteiger partial charge on any atom is -0.477 e. The summed E-state index contributed by atoms with van der Waals surface area (Å²) < 4.78 is 10.9. The molecular formula is C19H19N3O4. The summed E-state index contributed by atoms with van der Waals surface area (Å²) in [5, 5.41) is 9.33. The molecule has 1 atom stereocenters. The Kier molecular flexibility index (Phi) is 4.53. The van der Waals surface area contributed by atoms with Crippen molar-refractivity contribution in [2.45, 2.75) is 25.4 Å². The molecule has 3 heterocycles. The van der Waals surface area contributed by atoms with Gasteiger partial charge in [-0.25, -0.2) is 14.8 Å². The van der Waals surface area contributed by atoms with E-state index >= 15 is 0 Å². The number of aromatic carboxylic acids is 1. The molecule has 1 aromatic carbocycles. The Morgan fingerprint density at radius 3 is 2.85 bits per heavy atom. The van der Waals surface area contributed by atoms with E-state index in [1.807, 2.05) is 18.2 Å². The van der Waals surface area contributed by atoms with Crippen LogP contribution in [0.1, 0.15) is 27.3 Å². The van der Waals surface area contributed by atoms with Gasteiger partial charge < -0.3 is 14.6 Å². The van der Waals surface area contributed by atoms with Gasteiger partial charge in [0.15, 0.2) is 11.5 Å². The molecule has 2 aliphatic heterocycles. The first-order chi connectivity index (χ1) is 12.7. The standard InChI is InChI=1S/C19H19N3O4/c23-19(24)18-14-6-7-22(9-15(14)20-11-21-18)16(17-10-25-12-26-17)8-13-4-2-1-3-5-13/h1-5,10-11,16H,6-9,12H2,(H,23,24). The van der Waals surface area contributed by atoms with Crippen molar-refractivity contribution in [2.24, 2.45) is 0 Å². The number of hydrogen-bond donors (Lipinski definition) is 1. The number of nitrogens with zero attached hydrogens (tertiary/aromatic N) is 3. The maximum absolute atomic E-state index is 11.4. The highest BCUT2D eigenvalue weighted by Gasteiger charge is 2.32. The molecule has 1 unspecified atom stereocenters. The van der Waals surface area contributed by atoms with Crippen LogP contribution in [0.2, 0.25) is 0 Å². The maximum Gasteiger partial charge on any atom is 0.354 e. The van der Waals surface area contributed by atoms with Crippen LogP contribution in [0.15, 0.2) is 48.7 Å². The average molecular weight is 353 g/mol. The lowest BCUT2D eigenvalue weighted by Gasteiger charge is -2.35. The Morgan fingerprint density at radius 2 is 2.12 bits per heavy atom. The number of carboxylic acid groups (broad SMARTS) is 1. The highest BCUT2D eigenvalue weighted by molar-refractivity contribution is 5.87. The fourth-order valence-electron chi connectivity index (χ4n) is 3.50. The molecular weight excluding hydrogens is 334 g/mol. The van der Waals surface area contributed by atoms with Gasteiger partial charge in [0.2, 0.25) is 6.79 Å². The molecule has 1 N–H and O–H groups in total. The Bertz CT molecular complexity index is 838. The van der Waals surface area contributed by atoms with E-state index in [1.54, 1.807) is 6.26 Å². The van der Waals surface area contributed by atoms with Gasteiger partial charge in [0.25, 0.3) is 0 Å². The van der Waals surface area contributed by atoms with Crippen molar-refractivity contribution in [3.63, 3.8) is 0 Å². The van der Waals surface area contributed by atoms with Crippen LogP contribution >= 0.6 is 0 Å². The Hall–Kier alpha value is -2.93. The van der Waals surface area contributed by atoms with E-state index in [4.69, 9.17) is 9.47 Å². The zero-order chi connectivity index (χ0) is 17.9. The van der Waals surface area contributed by atoms with E-state index in [0.29, 0.717) is 19.5 Å². The van der Waals surface area contributed by atoms with Gasteiger partial charge >= 0.3 is 5.97 Å². The second-order valence-corrected chi connectivity index (χ2v) is 6.33. The van der Waals surface area contributed by atoms with Gasteiger partial charge in [-0.15, -0.1) is 0 Å². The van der Waals surface area contributed by atoms with Crippen LogP contribution in [0, 0.1) is 0 Å². The fraction of sp³-hybridized carbons (Fsp3) is 0.316. The van der Waals surface area contributed by atoms with Gasteiger partial charge in [0.05, 0.1) is 11.7 Å². The highest BCUT2D eigenvalue weighted by Crippen LogP contribution is 2.27. The number of ether oxygens (including phenoxy) is 2. The zero-order valence-electron chi connectivity index (χ0n) is 14.2. The third-order valence-corrected chi connectivity index (χ3v) is 4.77. The molecule has 0 spiro atoms. The molecule has 134 valence electrons. The van der Waals surface area contributed by atoms with Gasteiger partial charge in [0.1, 0.15) is 12.6 Å². The first kappa shape index (κ1) is 16.5. The summed E-state index contributed by atoms with van der Waals surface area (Å²) >= 11 is 0. The molecule has 0 radical (unpaired) electrons. The Morgan fingerprint density at radius 1 is 1.27 bits per heavy atom. The molecule has 0 aliphatic carbocycles. The summed E-state index contributed by atoms with van der Waals surface area (Å²) in [5.41, 5.74) is 2.80. The number of fused-ring (bicyclic) bond motifs is 1. The van der Waals surface area contributed by atoms with Crippen molar-refractivity contribution in [3.8, 4) is 0 Å². The highest BCUT2D eigenvalue weighted by atomic mass is 16.7. The maximum atomic E-state index is 11.4. The van der Waals surface area contributed by atoms with Crippen molar-refractivity contribution in [1.82, 2.24) is 14.9 Å². The molecule has 0 saturated carbocycles. The van der Waals surface area contributed by atoms with E-state index < -0.39 is 5.97 Å². The number of benzene rings is 1. The molecule has 2 aliphatic rings. The molecule has 7 nitrogen and oxygen atoms in total. The van der Waals surface area contributed by atoms with Crippen LogP contribution in [-0.4, -0.2) is 45.3 Å². The van der Waals surface area contributed by atoms with Crippen molar-refractivity contribution < 1.29 is 19.4 Å². The van der Waals surface area contributed by atoms with Gasteiger partial charge in [-0.3, -0.25) is 4.90 Å². The van der Waals surface area contributed by atoms with E-state index in [1.165, 1.54) is 11.9 Å². The lowest BCUT2D eigenvalue weighted by Crippen LogP contribution is -2.42. The number of hydrogen-bond acceptors (Lipinski definition) is 6. The smallest absolute Gasteiger partial charge is 0.354 e. The first-order valence-electron chi connectivity index (χ1n) is 8.51. The number of carboxylic acids is 1. The SMILES string of the molecule is O=C(O)c1ncnc2c1CCN(C(Cc1ccccc1)C1=COCO1)C2. The zero-order valence-corrected chi connectivity index (χ0v) is 14.2. The third kappa shape index (κ3) is 3.25. The molecule has 26 heavy (non-hydrogen) atoms. The van der Waals surface area contributed by atoms with Crippen LogP contribution in [0.4, 0.5) is 0 Å². The molecule has 0 bridgehead atoms. The summed E-state index contributed by atoms with van der Waals surface area (Å²) in [6, 6.07) is 10.2. The third-order valence-electron chi connectivity index (χ3n) is 4.77. The minimum atomic E-state index is -1.01. The van der Waals surface area contributed by atoms with Crippen molar-refractivity contribution in [1.29, 1.82) is 0 Å². The summed E-state index contributed by atoms with van der Waals surface area (Å²) in [5.74, 6) is -0.210. The largest absolute Gasteiger partial charge is 0.477 e. The minimum absolute atomic E-state index is 0.0105. The van der Waals surface area contributed by atoms with Crippen LogP contribution < -0.4 is 0 Å². The number of rotatable bonds is 5. The lowest BCUT2D eigenvalue weighted by molar-refractivity contribution is 0.0559. The topological polar surface area (TPSA) is 84.8 Å². The van der Waals surface area contributed by atoms with E-state index in [9.17, 15) is 9.90 Å². The summed E-state index contributed by atoms with van der Waals surface area (Å²) in [4.78, 5) is 21.9. The molecule has 4 rings (SSSR count). The van der Waals surface area contributed by atoms with Crippen LogP contribution in [0.25, 0.3) is 0 Å². The van der Waals surface area contributed by atoms with Gasteiger partial charge in [-0.05, 0) is 18.4 Å². The molecule has 0 fully saturated rings. The van der Waals surface area contributed by atoms with Gasteiger partial charge in [0, 0.05) is 18.7 Å². The van der Waals surface area contributed by atoms with E-state index in [0.717, 1.165) is 23.4 Å². The van der Waals surface area contributed by atoms with Gasteiger partial charge in [-0.1, -0.05) is 30.3 Å². The predicted octanol–water partition coefficient (Wildman–Crippen LogP) is 1.99. The summed E-state index contributed by atoms with van der Waals surface area (Å²) in [6.45, 7) is 1.49. The van der Waals surface area contributed by atoms with Crippen LogP contribution in [-0.2, 0) is 28.9 Å². The van der Waals surface area contributed by atoms with E-state index in [2.05, 4.69) is 27.0 Å². The molecule has 0 amide bonds. The van der Waals surface area contributed by atoms with E-state index in [-0.39, 0.29) is 18.5 Å². The fourth-order valence-corrected chi connectivity index (χ4v) is 3.50. The van der Waals surface area contributed by atoms with Crippen molar-refractivity contribution in [3.05, 3.63) is 71.2 Å². The van der Waals surface area contributed by atoms with Crippen LogP contribution in [0.3, 0.4) is 0 Å².